The lowest BCUT2D eigenvalue weighted by Gasteiger charge is -2.17. The lowest BCUT2D eigenvalue weighted by molar-refractivity contribution is 0.667. The summed E-state index contributed by atoms with van der Waals surface area (Å²) in [7, 11) is 0. The molecule has 2 heteroatoms. The van der Waals surface area contributed by atoms with Crippen LogP contribution in [0.2, 0.25) is 0 Å². The Bertz CT molecular complexity index is 795. The molecule has 1 nitrogen and oxygen atoms in total. The Morgan fingerprint density at radius 1 is 1.00 bits per heavy atom. The second-order valence-electron chi connectivity index (χ2n) is 6.76. The monoisotopic (exact) mass is 347 g/mol. The molecule has 0 atom stereocenters. The molecule has 0 unspecified atom stereocenters. The number of aliphatic imine (C=N–C) groups is 1. The highest BCUT2D eigenvalue weighted by atomic mass is 32.1. The molecule has 0 fully saturated rings. The van der Waals surface area contributed by atoms with Gasteiger partial charge in [0.2, 0.25) is 0 Å². The maximum atomic E-state index is 4.69. The zero-order valence-corrected chi connectivity index (χ0v) is 15.7. The molecule has 1 aliphatic rings. The van der Waals surface area contributed by atoms with Crippen LogP contribution in [0.25, 0.3) is 11.6 Å². The van der Waals surface area contributed by atoms with Crippen molar-refractivity contribution >= 4 is 34.7 Å². The molecule has 0 amide bonds. The zero-order valence-electron chi connectivity index (χ0n) is 14.9. The van der Waals surface area contributed by atoms with Crippen molar-refractivity contribution in [2.45, 2.75) is 51.9 Å². The van der Waals surface area contributed by atoms with Crippen molar-refractivity contribution in [1.29, 1.82) is 0 Å². The van der Waals surface area contributed by atoms with Gasteiger partial charge in [-0.3, -0.25) is 0 Å². The highest BCUT2D eigenvalue weighted by Gasteiger charge is 2.12. The lowest BCUT2D eigenvalue weighted by Crippen LogP contribution is -1.99. The van der Waals surface area contributed by atoms with Crippen molar-refractivity contribution in [3.63, 3.8) is 0 Å². The smallest absolute Gasteiger partial charge is 0.0742 e. The first-order chi connectivity index (χ1) is 12.3. The van der Waals surface area contributed by atoms with E-state index in [4.69, 9.17) is 12.2 Å². The number of hydrogen-bond donors (Lipinski definition) is 0. The maximum Gasteiger partial charge on any atom is 0.0742 e. The molecule has 128 valence electrons. The van der Waals surface area contributed by atoms with Crippen LogP contribution in [0.4, 0.5) is 5.69 Å². The number of fused-ring (bicyclic) bond motifs is 1. The second-order valence-corrected chi connectivity index (χ2v) is 6.95. The van der Waals surface area contributed by atoms with Gasteiger partial charge < -0.3 is 0 Å². The van der Waals surface area contributed by atoms with Crippen LogP contribution >= 0.6 is 12.2 Å². The summed E-state index contributed by atoms with van der Waals surface area (Å²) >= 11 is 4.69. The van der Waals surface area contributed by atoms with Crippen molar-refractivity contribution in [2.24, 2.45) is 4.99 Å². The molecule has 0 aliphatic heterocycles. The summed E-state index contributed by atoms with van der Waals surface area (Å²) in [5.41, 5.74) is 7.79. The van der Waals surface area contributed by atoms with Crippen molar-refractivity contribution in [3.8, 4) is 0 Å². The number of benzene rings is 2. The fraction of sp³-hybridized carbons (Fsp3) is 0.348. The van der Waals surface area contributed by atoms with Gasteiger partial charge in [-0.1, -0.05) is 62.6 Å². The number of isothiocyanates is 1. The molecular weight excluding hydrogens is 322 g/mol. The number of allylic oxidation sites excluding steroid dienone is 1. The molecule has 0 saturated carbocycles. The summed E-state index contributed by atoms with van der Waals surface area (Å²) in [6, 6.07) is 15.5. The number of nitrogens with zero attached hydrogens (tertiary/aromatic N) is 1. The van der Waals surface area contributed by atoms with Crippen LogP contribution in [0.5, 0.6) is 0 Å². The molecule has 0 spiro atoms. The molecule has 3 rings (SSSR count). The van der Waals surface area contributed by atoms with Crippen molar-refractivity contribution in [2.75, 3.05) is 0 Å². The Morgan fingerprint density at radius 2 is 1.84 bits per heavy atom. The van der Waals surface area contributed by atoms with Crippen molar-refractivity contribution in [1.82, 2.24) is 0 Å². The molecule has 1 aliphatic carbocycles. The first kappa shape index (κ1) is 17.8. The van der Waals surface area contributed by atoms with E-state index >= 15 is 0 Å². The Kier molecular flexibility index (Phi) is 6.33. The van der Waals surface area contributed by atoms with Gasteiger partial charge in [-0.15, -0.1) is 0 Å². The molecule has 0 radical (unpaired) electrons. The third-order valence-corrected chi connectivity index (χ3v) is 5.03. The van der Waals surface area contributed by atoms with E-state index in [1.807, 2.05) is 6.07 Å². The third-order valence-electron chi connectivity index (χ3n) is 4.94. The van der Waals surface area contributed by atoms with E-state index in [1.165, 1.54) is 59.9 Å². The summed E-state index contributed by atoms with van der Waals surface area (Å²) in [6.45, 7) is 2.26. The first-order valence-corrected chi connectivity index (χ1v) is 9.71. The van der Waals surface area contributed by atoms with Crippen LogP contribution < -0.4 is 0 Å². The average Bonchev–Trinajstić information content (AvgIpc) is 2.66. The fourth-order valence-corrected chi connectivity index (χ4v) is 3.58. The van der Waals surface area contributed by atoms with E-state index in [2.05, 4.69) is 59.6 Å². The van der Waals surface area contributed by atoms with Gasteiger partial charge in [-0.25, -0.2) is 0 Å². The van der Waals surface area contributed by atoms with E-state index in [0.717, 1.165) is 18.5 Å². The molecule has 0 heterocycles. The van der Waals surface area contributed by atoms with Gasteiger partial charge in [-0.05, 0) is 77.9 Å². The molecule has 0 N–H and O–H groups in total. The summed E-state index contributed by atoms with van der Waals surface area (Å²) in [6.07, 6.45) is 10.9. The zero-order chi connectivity index (χ0) is 17.5. The molecule has 2 aromatic carbocycles. The van der Waals surface area contributed by atoms with Gasteiger partial charge >= 0.3 is 0 Å². The van der Waals surface area contributed by atoms with Crippen molar-refractivity contribution < 1.29 is 0 Å². The number of thiocarbonyl (C=S) groups is 1. The van der Waals surface area contributed by atoms with Gasteiger partial charge in [0.1, 0.15) is 0 Å². The lowest BCUT2D eigenvalue weighted by atomic mass is 9.88. The fourth-order valence-electron chi connectivity index (χ4n) is 3.47. The normalized spacial score (nSPS) is 12.9. The molecule has 0 aromatic heterocycles. The highest BCUT2D eigenvalue weighted by Crippen LogP contribution is 2.32. The third kappa shape index (κ3) is 4.75. The summed E-state index contributed by atoms with van der Waals surface area (Å²) in [5, 5.41) is 2.45. The Hall–Kier alpha value is -2.02. The average molecular weight is 348 g/mol. The first-order valence-electron chi connectivity index (χ1n) is 9.31. The predicted molar refractivity (Wildman–Crippen MR) is 112 cm³/mol. The standard InChI is InChI=1S/C23H25NS/c1-2-3-4-5-6-18-7-9-19(10-8-18)20-11-12-22-16-23(24-17-25)14-13-21(22)15-20/h7-10,13-16H,2-6,11-12H2,1H3. The number of aryl methyl sites for hydroxylation is 2. The molecular formula is C23H25NS. The van der Waals surface area contributed by atoms with E-state index in [9.17, 15) is 0 Å². The largest absolute Gasteiger partial charge is 0.195 e. The summed E-state index contributed by atoms with van der Waals surface area (Å²) in [4.78, 5) is 4.08. The maximum absolute atomic E-state index is 4.69. The molecule has 25 heavy (non-hydrogen) atoms. The quantitative estimate of drug-likeness (QED) is 0.297. The van der Waals surface area contributed by atoms with Crippen LogP contribution in [-0.4, -0.2) is 5.16 Å². The second kappa shape index (κ2) is 8.89. The summed E-state index contributed by atoms with van der Waals surface area (Å²) in [5.74, 6) is 0. The predicted octanol–water partition coefficient (Wildman–Crippen LogP) is 7.03. The Balaban J connectivity index is 1.71. The Labute approximate surface area is 156 Å². The van der Waals surface area contributed by atoms with Gasteiger partial charge in [0, 0.05) is 0 Å². The minimum absolute atomic E-state index is 0.901. The van der Waals surface area contributed by atoms with E-state index in [1.54, 1.807) is 0 Å². The number of rotatable bonds is 7. The van der Waals surface area contributed by atoms with Gasteiger partial charge in [0.05, 0.1) is 10.8 Å². The van der Waals surface area contributed by atoms with Crippen LogP contribution in [0.1, 0.15) is 61.3 Å². The number of unbranched alkanes of at least 4 members (excludes halogenated alkanes) is 3. The van der Waals surface area contributed by atoms with Crippen LogP contribution in [0.15, 0.2) is 47.5 Å². The van der Waals surface area contributed by atoms with Crippen LogP contribution in [-0.2, 0) is 12.8 Å². The van der Waals surface area contributed by atoms with E-state index in [0.29, 0.717) is 0 Å². The van der Waals surface area contributed by atoms with Gasteiger partial charge in [0.15, 0.2) is 0 Å². The van der Waals surface area contributed by atoms with Crippen LogP contribution in [0.3, 0.4) is 0 Å². The summed E-state index contributed by atoms with van der Waals surface area (Å²) < 4.78 is 0. The molecule has 0 bridgehead atoms. The van der Waals surface area contributed by atoms with Gasteiger partial charge in [0.25, 0.3) is 0 Å². The molecule has 0 saturated heterocycles. The van der Waals surface area contributed by atoms with Crippen LogP contribution in [0, 0.1) is 0 Å². The van der Waals surface area contributed by atoms with Crippen molar-refractivity contribution in [3.05, 3.63) is 64.7 Å². The van der Waals surface area contributed by atoms with Gasteiger partial charge in [-0.2, -0.15) is 4.99 Å². The SMILES string of the molecule is CCCCCCc1ccc(C2=Cc3ccc(N=C=S)cc3CC2)cc1. The Morgan fingerprint density at radius 3 is 2.60 bits per heavy atom. The highest BCUT2D eigenvalue weighted by molar-refractivity contribution is 7.78. The topological polar surface area (TPSA) is 12.4 Å². The van der Waals surface area contributed by atoms with E-state index < -0.39 is 0 Å². The number of hydrogen-bond acceptors (Lipinski definition) is 2. The minimum Gasteiger partial charge on any atom is -0.195 e. The minimum atomic E-state index is 0.901. The van der Waals surface area contributed by atoms with E-state index in [-0.39, 0.29) is 0 Å². The molecule has 2 aromatic rings.